The van der Waals surface area contributed by atoms with Crippen LogP contribution in [0.5, 0.6) is 5.75 Å². The van der Waals surface area contributed by atoms with E-state index in [-0.39, 0.29) is 53.9 Å². The molecule has 1 aliphatic rings. The van der Waals surface area contributed by atoms with Crippen molar-refractivity contribution in [3.8, 4) is 5.75 Å². The maximum Gasteiger partial charge on any atom is 0.416 e. The molecule has 1 amide bonds. The molecule has 2 atom stereocenters. The second-order valence-electron chi connectivity index (χ2n) is 10.1. The van der Waals surface area contributed by atoms with E-state index in [4.69, 9.17) is 19.9 Å². The molecule has 0 spiro atoms. The molecule has 2 N–H and O–H groups in total. The van der Waals surface area contributed by atoms with Crippen LogP contribution in [0.2, 0.25) is 0 Å². The molecule has 1 aliphatic heterocycles. The fourth-order valence-electron chi connectivity index (χ4n) is 5.05. The van der Waals surface area contributed by atoms with Crippen LogP contribution < -0.4 is 15.4 Å². The number of hydrogen-bond donors (Lipinski definition) is 1. The van der Waals surface area contributed by atoms with E-state index in [2.05, 4.69) is 25.9 Å². The highest BCUT2D eigenvalue weighted by molar-refractivity contribution is 9.10. The van der Waals surface area contributed by atoms with Crippen LogP contribution >= 0.6 is 15.9 Å². The molecule has 0 fully saturated rings. The van der Waals surface area contributed by atoms with Crippen LogP contribution in [0, 0.1) is 0 Å². The number of carbonyl (C=O) groups is 1. The first-order chi connectivity index (χ1) is 20.6. The topological polar surface area (TPSA) is 99.8 Å². The van der Waals surface area contributed by atoms with Crippen LogP contribution in [0.1, 0.15) is 66.4 Å². The Labute approximate surface area is 257 Å². The zero-order valence-electron chi connectivity index (χ0n) is 23.9. The van der Waals surface area contributed by atoms with Crippen LogP contribution in [-0.4, -0.2) is 42.2 Å². The minimum Gasteiger partial charge on any atom is -0.468 e. The molecule has 8 nitrogen and oxygen atoms in total. The van der Waals surface area contributed by atoms with E-state index in [0.29, 0.717) is 35.6 Å². The van der Waals surface area contributed by atoms with Gasteiger partial charge in [0, 0.05) is 25.6 Å². The highest BCUT2D eigenvalue weighted by Crippen LogP contribution is 2.47. The Hall–Kier alpha value is -3.43. The van der Waals surface area contributed by atoms with Gasteiger partial charge in [-0.2, -0.15) is 26.3 Å². The summed E-state index contributed by atoms with van der Waals surface area (Å²) in [4.78, 5) is 23.5. The summed E-state index contributed by atoms with van der Waals surface area (Å²) in [6.07, 6.45) is -9.21. The predicted molar refractivity (Wildman–Crippen MR) is 151 cm³/mol. The number of halogens is 7. The third-order valence-electron chi connectivity index (χ3n) is 7.19. The van der Waals surface area contributed by atoms with E-state index in [1.165, 1.54) is 18.2 Å². The summed E-state index contributed by atoms with van der Waals surface area (Å²) in [5.74, 6) is -0.0460. The Balaban J connectivity index is 1.83. The van der Waals surface area contributed by atoms with Crippen LogP contribution in [0.15, 0.2) is 47.1 Å². The third-order valence-corrected chi connectivity index (χ3v) is 7.85. The Morgan fingerprint density at radius 2 is 1.75 bits per heavy atom. The molecule has 0 aliphatic carbocycles. The van der Waals surface area contributed by atoms with Gasteiger partial charge in [-0.1, -0.05) is 6.92 Å². The number of methoxy groups -OCH3 is 1. The van der Waals surface area contributed by atoms with Crippen molar-refractivity contribution >= 4 is 27.7 Å². The number of ether oxygens (including phenoxy) is 3. The van der Waals surface area contributed by atoms with Gasteiger partial charge >= 0.3 is 18.4 Å². The number of hydrogen-bond acceptors (Lipinski definition) is 7. The summed E-state index contributed by atoms with van der Waals surface area (Å²) < 4.78 is 97.1. The molecule has 1 aromatic heterocycles. The quantitative estimate of drug-likeness (QED) is 0.194. The van der Waals surface area contributed by atoms with Crippen LogP contribution in [0.25, 0.3) is 0 Å². The van der Waals surface area contributed by atoms with Gasteiger partial charge in [0.15, 0.2) is 6.79 Å². The third kappa shape index (κ3) is 7.10. The van der Waals surface area contributed by atoms with Gasteiger partial charge in [-0.05, 0) is 83.2 Å². The number of anilines is 1. The summed E-state index contributed by atoms with van der Waals surface area (Å²) in [5.41, 5.74) is 3.57. The minimum absolute atomic E-state index is 0.0589. The second-order valence-corrected chi connectivity index (χ2v) is 11.0. The first-order valence-corrected chi connectivity index (χ1v) is 14.2. The highest BCUT2D eigenvalue weighted by Gasteiger charge is 2.46. The number of fused-ring (bicyclic) bond motifs is 1. The standard InChI is InChI=1S/C29H29BrF6N4O4/c1-4-27(37)13-21(20-12-19(44-15-42-3)6-7-24(20)40(27)26(41)43-5-2)25-38-14-22(30)23(39-25)10-16-8-17(28(31,32)33)11-18(9-16)29(34,35)36/h6-9,11-12,14,21H,4-5,10,13,15,37H2,1-3H3/t21-,27+/m0/s1. The second kappa shape index (κ2) is 12.9. The van der Waals surface area contributed by atoms with Crippen molar-refractivity contribution in [1.82, 2.24) is 9.97 Å². The zero-order valence-corrected chi connectivity index (χ0v) is 25.4. The van der Waals surface area contributed by atoms with Crippen molar-refractivity contribution in [2.45, 2.75) is 57.0 Å². The average Bonchev–Trinajstić information content (AvgIpc) is 2.96. The van der Waals surface area contributed by atoms with Gasteiger partial charge in [0.05, 0.1) is 33.6 Å². The monoisotopic (exact) mass is 690 g/mol. The number of nitrogens with two attached hydrogens (primary N) is 1. The molecular weight excluding hydrogens is 662 g/mol. The van der Waals surface area contributed by atoms with Crippen molar-refractivity contribution in [2.75, 3.05) is 25.4 Å². The van der Waals surface area contributed by atoms with E-state index in [9.17, 15) is 31.1 Å². The van der Waals surface area contributed by atoms with E-state index in [0.717, 1.165) is 0 Å². The summed E-state index contributed by atoms with van der Waals surface area (Å²) in [6.45, 7) is 3.51. The van der Waals surface area contributed by atoms with Gasteiger partial charge in [0.1, 0.15) is 17.2 Å². The number of nitrogens with zero attached hydrogens (tertiary/aromatic N) is 3. The van der Waals surface area contributed by atoms with Crippen LogP contribution in [0.3, 0.4) is 0 Å². The van der Waals surface area contributed by atoms with Gasteiger partial charge in [0.25, 0.3) is 0 Å². The molecule has 0 bridgehead atoms. The summed E-state index contributed by atoms with van der Waals surface area (Å²) in [5, 5.41) is 0. The van der Waals surface area contributed by atoms with E-state index < -0.39 is 41.2 Å². The fraction of sp³-hybridized carbons (Fsp3) is 0.414. The Kier molecular flexibility index (Phi) is 9.81. The lowest BCUT2D eigenvalue weighted by Crippen LogP contribution is -2.61. The van der Waals surface area contributed by atoms with Gasteiger partial charge in [0.2, 0.25) is 0 Å². The largest absolute Gasteiger partial charge is 0.468 e. The van der Waals surface area contributed by atoms with Gasteiger partial charge in [-0.15, -0.1) is 0 Å². The lowest BCUT2D eigenvalue weighted by Gasteiger charge is -2.46. The molecule has 0 saturated carbocycles. The fourth-order valence-corrected chi connectivity index (χ4v) is 5.38. The molecule has 3 aromatic rings. The van der Waals surface area contributed by atoms with Crippen molar-refractivity contribution in [3.05, 3.63) is 80.8 Å². The molecule has 15 heteroatoms. The maximum absolute atomic E-state index is 13.5. The number of amides is 1. The number of benzene rings is 2. The zero-order chi connectivity index (χ0) is 32.4. The number of rotatable bonds is 8. The Bertz CT molecular complexity index is 1490. The number of carbonyl (C=O) groups excluding carboxylic acids is 1. The van der Waals surface area contributed by atoms with Crippen molar-refractivity contribution in [1.29, 1.82) is 0 Å². The molecule has 2 aromatic carbocycles. The highest BCUT2D eigenvalue weighted by atomic mass is 79.9. The molecule has 0 radical (unpaired) electrons. The minimum atomic E-state index is -4.99. The molecule has 238 valence electrons. The summed E-state index contributed by atoms with van der Waals surface area (Å²) >= 11 is 3.28. The summed E-state index contributed by atoms with van der Waals surface area (Å²) in [6, 6.07) is 6.35. The normalized spacial score (nSPS) is 18.6. The van der Waals surface area contributed by atoms with Crippen molar-refractivity contribution < 1.29 is 45.3 Å². The van der Waals surface area contributed by atoms with Crippen molar-refractivity contribution in [3.63, 3.8) is 0 Å². The smallest absolute Gasteiger partial charge is 0.416 e. The molecular formula is C29H29BrF6N4O4. The van der Waals surface area contributed by atoms with E-state index >= 15 is 0 Å². The SMILES string of the molecule is CCOC(=O)N1c2ccc(OCOC)cc2[C@@H](c2ncc(Br)c(Cc3cc(C(F)(F)F)cc(C(F)(F)F)c3)n2)C[C@@]1(N)CC. The number of aromatic nitrogens is 2. The maximum atomic E-state index is 13.5. The lowest BCUT2D eigenvalue weighted by atomic mass is 9.80. The first-order valence-electron chi connectivity index (χ1n) is 13.4. The van der Waals surface area contributed by atoms with Gasteiger partial charge < -0.3 is 19.9 Å². The van der Waals surface area contributed by atoms with Gasteiger partial charge in [-0.3, -0.25) is 4.90 Å². The van der Waals surface area contributed by atoms with Crippen LogP contribution in [0.4, 0.5) is 36.8 Å². The molecule has 2 heterocycles. The molecule has 44 heavy (non-hydrogen) atoms. The Morgan fingerprint density at radius 3 is 2.32 bits per heavy atom. The average molecular weight is 691 g/mol. The van der Waals surface area contributed by atoms with Gasteiger partial charge in [-0.25, -0.2) is 14.8 Å². The first kappa shape index (κ1) is 33.5. The Morgan fingerprint density at radius 1 is 1.09 bits per heavy atom. The van der Waals surface area contributed by atoms with E-state index in [1.54, 1.807) is 32.0 Å². The predicted octanol–water partition coefficient (Wildman–Crippen LogP) is 7.41. The molecule has 4 rings (SSSR count). The van der Waals surface area contributed by atoms with E-state index in [1.807, 2.05) is 0 Å². The molecule has 0 unspecified atom stereocenters. The lowest BCUT2D eigenvalue weighted by molar-refractivity contribution is -0.143. The van der Waals surface area contributed by atoms with Crippen LogP contribution in [-0.2, 0) is 28.2 Å². The van der Waals surface area contributed by atoms with Crippen molar-refractivity contribution in [2.24, 2.45) is 5.73 Å². The molecule has 0 saturated heterocycles. The summed E-state index contributed by atoms with van der Waals surface area (Å²) in [7, 11) is 1.45. The number of alkyl halides is 6.